The molecule has 0 aliphatic rings. The van der Waals surface area contributed by atoms with Gasteiger partial charge in [0.25, 0.3) is 5.91 Å². The maximum Gasteiger partial charge on any atom is 0.340 e. The molecule has 1 N–H and O–H groups in total. The van der Waals surface area contributed by atoms with E-state index in [4.69, 9.17) is 27.9 Å². The Morgan fingerprint density at radius 1 is 1.05 bits per heavy atom. The molecule has 6 heteroatoms. The number of benzene rings is 2. The van der Waals surface area contributed by atoms with Gasteiger partial charge in [-0.15, -0.1) is 0 Å². The van der Waals surface area contributed by atoms with Gasteiger partial charge in [0, 0.05) is 5.69 Å². The third-order valence-corrected chi connectivity index (χ3v) is 3.68. The Morgan fingerprint density at radius 3 is 2.41 bits per heavy atom. The molecule has 1 amide bonds. The molecule has 22 heavy (non-hydrogen) atoms. The highest BCUT2D eigenvalue weighted by Crippen LogP contribution is 2.26. The van der Waals surface area contributed by atoms with Gasteiger partial charge in [-0.2, -0.15) is 0 Å². The van der Waals surface area contributed by atoms with Gasteiger partial charge in [0.05, 0.1) is 15.6 Å². The molecule has 0 aliphatic heterocycles. The first-order valence-electron chi connectivity index (χ1n) is 6.50. The molecular weight excluding hydrogens is 325 g/mol. The van der Waals surface area contributed by atoms with Crippen LogP contribution in [0.2, 0.25) is 10.0 Å². The molecule has 0 aromatic heterocycles. The average Bonchev–Trinajstić information content (AvgIpc) is 2.50. The molecule has 2 rings (SSSR count). The van der Waals surface area contributed by atoms with Gasteiger partial charge in [0.2, 0.25) is 0 Å². The Labute approximate surface area is 138 Å². The van der Waals surface area contributed by atoms with Crippen molar-refractivity contribution in [1.29, 1.82) is 0 Å². The maximum atomic E-state index is 12.0. The number of halogens is 2. The lowest BCUT2D eigenvalue weighted by Gasteiger charge is -2.14. The Balaban J connectivity index is 2.02. The summed E-state index contributed by atoms with van der Waals surface area (Å²) < 4.78 is 5.11. The van der Waals surface area contributed by atoms with Crippen LogP contribution in [0.3, 0.4) is 0 Å². The van der Waals surface area contributed by atoms with Gasteiger partial charge in [-0.05, 0) is 31.2 Å². The van der Waals surface area contributed by atoms with E-state index in [2.05, 4.69) is 5.32 Å². The average molecular weight is 338 g/mol. The number of carbonyl (C=O) groups is 2. The molecule has 2 aromatic carbocycles. The zero-order chi connectivity index (χ0) is 16.1. The summed E-state index contributed by atoms with van der Waals surface area (Å²) >= 11 is 11.8. The minimum atomic E-state index is -0.970. The zero-order valence-corrected chi connectivity index (χ0v) is 13.2. The quantitative estimate of drug-likeness (QED) is 0.851. The van der Waals surface area contributed by atoms with Crippen LogP contribution in [0.25, 0.3) is 0 Å². The van der Waals surface area contributed by atoms with Gasteiger partial charge in [-0.3, -0.25) is 4.79 Å². The number of para-hydroxylation sites is 1. The van der Waals surface area contributed by atoms with E-state index < -0.39 is 18.0 Å². The largest absolute Gasteiger partial charge is 0.449 e. The van der Waals surface area contributed by atoms with E-state index in [-0.39, 0.29) is 15.6 Å². The molecule has 0 unspecified atom stereocenters. The Morgan fingerprint density at radius 2 is 1.73 bits per heavy atom. The summed E-state index contributed by atoms with van der Waals surface area (Å²) in [4.78, 5) is 24.0. The minimum absolute atomic E-state index is 0.102. The second kappa shape index (κ2) is 7.29. The fourth-order valence-corrected chi connectivity index (χ4v) is 2.08. The summed E-state index contributed by atoms with van der Waals surface area (Å²) in [6.45, 7) is 1.48. The maximum absolute atomic E-state index is 12.0. The summed E-state index contributed by atoms with van der Waals surface area (Å²) in [5, 5.41) is 3.00. The molecule has 0 aliphatic carbocycles. The van der Waals surface area contributed by atoms with Gasteiger partial charge >= 0.3 is 5.97 Å². The highest BCUT2D eigenvalue weighted by Gasteiger charge is 2.21. The molecule has 0 bridgehead atoms. The van der Waals surface area contributed by atoms with Gasteiger partial charge in [-0.25, -0.2) is 4.79 Å². The lowest BCUT2D eigenvalue weighted by molar-refractivity contribution is -0.123. The number of amides is 1. The molecule has 0 fully saturated rings. The van der Waals surface area contributed by atoms with Crippen LogP contribution in [0.15, 0.2) is 48.5 Å². The highest BCUT2D eigenvalue weighted by atomic mass is 35.5. The predicted molar refractivity (Wildman–Crippen MR) is 86.4 cm³/mol. The summed E-state index contributed by atoms with van der Waals surface area (Å²) in [6.07, 6.45) is -0.970. The van der Waals surface area contributed by atoms with Crippen molar-refractivity contribution in [3.05, 3.63) is 64.1 Å². The van der Waals surface area contributed by atoms with Crippen LogP contribution < -0.4 is 5.32 Å². The SMILES string of the molecule is C[C@H](OC(=O)c1cccc(Cl)c1Cl)C(=O)Nc1ccccc1. The Kier molecular flexibility index (Phi) is 5.41. The molecule has 4 nitrogen and oxygen atoms in total. The van der Waals surface area contributed by atoms with Crippen molar-refractivity contribution in [1.82, 2.24) is 0 Å². The van der Waals surface area contributed by atoms with Crippen molar-refractivity contribution < 1.29 is 14.3 Å². The number of hydrogen-bond acceptors (Lipinski definition) is 3. The number of ether oxygens (including phenoxy) is 1. The van der Waals surface area contributed by atoms with Crippen molar-refractivity contribution in [2.45, 2.75) is 13.0 Å². The van der Waals surface area contributed by atoms with Crippen LogP contribution >= 0.6 is 23.2 Å². The summed E-state index contributed by atoms with van der Waals surface area (Å²) in [5.74, 6) is -1.14. The normalized spacial score (nSPS) is 11.6. The lowest BCUT2D eigenvalue weighted by Crippen LogP contribution is -2.30. The number of nitrogens with one attached hydrogen (secondary N) is 1. The molecular formula is C16H13Cl2NO3. The number of hydrogen-bond donors (Lipinski definition) is 1. The molecule has 0 spiro atoms. The van der Waals surface area contributed by atoms with Crippen molar-refractivity contribution in [3.63, 3.8) is 0 Å². The first-order valence-corrected chi connectivity index (χ1v) is 7.25. The molecule has 0 radical (unpaired) electrons. The fourth-order valence-electron chi connectivity index (χ4n) is 1.70. The summed E-state index contributed by atoms with van der Waals surface area (Å²) in [7, 11) is 0. The second-order valence-electron chi connectivity index (χ2n) is 4.50. The van der Waals surface area contributed by atoms with Crippen LogP contribution in [-0.2, 0) is 9.53 Å². The van der Waals surface area contributed by atoms with Crippen LogP contribution in [0, 0.1) is 0 Å². The fraction of sp³-hybridized carbons (Fsp3) is 0.125. The standard InChI is InChI=1S/C16H13Cl2NO3/c1-10(15(20)19-11-6-3-2-4-7-11)22-16(21)12-8-5-9-13(17)14(12)18/h2-10H,1H3,(H,19,20)/t10-/m0/s1. The van der Waals surface area contributed by atoms with Crippen molar-refractivity contribution in [2.75, 3.05) is 5.32 Å². The molecule has 114 valence electrons. The van der Waals surface area contributed by atoms with E-state index in [1.165, 1.54) is 13.0 Å². The van der Waals surface area contributed by atoms with E-state index >= 15 is 0 Å². The van der Waals surface area contributed by atoms with E-state index in [9.17, 15) is 9.59 Å². The Hall–Kier alpha value is -2.04. The van der Waals surface area contributed by atoms with E-state index in [0.29, 0.717) is 5.69 Å². The van der Waals surface area contributed by atoms with E-state index in [1.54, 1.807) is 36.4 Å². The van der Waals surface area contributed by atoms with Gasteiger partial charge in [0.1, 0.15) is 0 Å². The third-order valence-electron chi connectivity index (χ3n) is 2.87. The van der Waals surface area contributed by atoms with Crippen molar-refractivity contribution in [3.8, 4) is 0 Å². The van der Waals surface area contributed by atoms with Gasteiger partial charge in [0.15, 0.2) is 6.10 Å². The van der Waals surface area contributed by atoms with Gasteiger partial charge < -0.3 is 10.1 Å². The Bertz CT molecular complexity index is 689. The van der Waals surface area contributed by atoms with Crippen molar-refractivity contribution in [2.24, 2.45) is 0 Å². The second-order valence-corrected chi connectivity index (χ2v) is 5.29. The first kappa shape index (κ1) is 16.3. The van der Waals surface area contributed by atoms with Crippen LogP contribution in [-0.4, -0.2) is 18.0 Å². The van der Waals surface area contributed by atoms with E-state index in [0.717, 1.165) is 0 Å². The topological polar surface area (TPSA) is 55.4 Å². The monoisotopic (exact) mass is 337 g/mol. The predicted octanol–water partition coefficient (Wildman–Crippen LogP) is 4.18. The summed E-state index contributed by atoms with van der Waals surface area (Å²) in [6, 6.07) is 13.5. The smallest absolute Gasteiger partial charge is 0.340 e. The van der Waals surface area contributed by atoms with Crippen molar-refractivity contribution >= 4 is 40.8 Å². The highest BCUT2D eigenvalue weighted by molar-refractivity contribution is 6.43. The van der Waals surface area contributed by atoms with Crippen LogP contribution in [0.4, 0.5) is 5.69 Å². The van der Waals surface area contributed by atoms with E-state index in [1.807, 2.05) is 6.07 Å². The van der Waals surface area contributed by atoms with Gasteiger partial charge in [-0.1, -0.05) is 47.5 Å². The third kappa shape index (κ3) is 4.00. The molecule has 2 aromatic rings. The molecule has 0 heterocycles. The van der Waals surface area contributed by atoms with Crippen LogP contribution in [0.1, 0.15) is 17.3 Å². The first-order chi connectivity index (χ1) is 10.5. The lowest BCUT2D eigenvalue weighted by atomic mass is 10.2. The zero-order valence-electron chi connectivity index (χ0n) is 11.7. The molecule has 1 atom stereocenters. The minimum Gasteiger partial charge on any atom is -0.449 e. The number of carbonyl (C=O) groups excluding carboxylic acids is 2. The van der Waals surface area contributed by atoms with Crippen LogP contribution in [0.5, 0.6) is 0 Å². The summed E-state index contributed by atoms with van der Waals surface area (Å²) in [5.41, 5.74) is 0.740. The molecule has 0 saturated carbocycles. The molecule has 0 saturated heterocycles. The number of rotatable bonds is 4. The number of esters is 1. The number of anilines is 1.